The minimum absolute atomic E-state index is 0.260. The number of rotatable bonds is 3. The maximum Gasteiger partial charge on any atom is 0.314 e. The third kappa shape index (κ3) is 3.05. The molecule has 0 radical (unpaired) electrons. The Morgan fingerprint density at radius 2 is 2.29 bits per heavy atom. The smallest absolute Gasteiger partial charge is 0.314 e. The molecule has 0 aliphatic heterocycles. The number of amides is 2. The summed E-state index contributed by atoms with van der Waals surface area (Å²) in [6, 6.07) is 5.84. The average molecular weight is 196 g/mol. The summed E-state index contributed by atoms with van der Waals surface area (Å²) in [7, 11) is 1.61. The van der Waals surface area contributed by atoms with Crippen LogP contribution in [0.1, 0.15) is 5.56 Å². The second kappa shape index (κ2) is 4.60. The van der Waals surface area contributed by atoms with Crippen LogP contribution < -0.4 is 5.73 Å². The highest BCUT2D eigenvalue weighted by Crippen LogP contribution is 2.04. The van der Waals surface area contributed by atoms with Gasteiger partial charge in [0.05, 0.1) is 0 Å². The monoisotopic (exact) mass is 196 g/mol. The van der Waals surface area contributed by atoms with Crippen LogP contribution >= 0.6 is 0 Å². The molecular formula is C10H13FN2O. The molecule has 0 saturated heterocycles. The predicted molar refractivity (Wildman–Crippen MR) is 52.3 cm³/mol. The van der Waals surface area contributed by atoms with Gasteiger partial charge in [-0.3, -0.25) is 0 Å². The fourth-order valence-corrected chi connectivity index (χ4v) is 1.10. The third-order valence-corrected chi connectivity index (χ3v) is 2.00. The topological polar surface area (TPSA) is 46.3 Å². The normalized spacial score (nSPS) is 9.86. The third-order valence-electron chi connectivity index (χ3n) is 2.00. The Kier molecular flexibility index (Phi) is 3.45. The maximum absolute atomic E-state index is 12.7. The van der Waals surface area contributed by atoms with Gasteiger partial charge in [-0.25, -0.2) is 9.18 Å². The first kappa shape index (κ1) is 10.5. The Morgan fingerprint density at radius 3 is 2.86 bits per heavy atom. The number of primary amides is 1. The fraction of sp³-hybridized carbons (Fsp3) is 0.300. The van der Waals surface area contributed by atoms with Crippen LogP contribution in [-0.4, -0.2) is 24.5 Å². The first-order valence-electron chi connectivity index (χ1n) is 4.34. The minimum atomic E-state index is -0.471. The van der Waals surface area contributed by atoms with E-state index in [0.717, 1.165) is 5.56 Å². The van der Waals surface area contributed by atoms with E-state index in [-0.39, 0.29) is 5.82 Å². The van der Waals surface area contributed by atoms with Crippen LogP contribution in [0.5, 0.6) is 0 Å². The molecule has 1 rings (SSSR count). The van der Waals surface area contributed by atoms with Gasteiger partial charge in [0.15, 0.2) is 0 Å². The van der Waals surface area contributed by atoms with Crippen molar-refractivity contribution in [3.05, 3.63) is 35.6 Å². The van der Waals surface area contributed by atoms with Crippen molar-refractivity contribution in [2.24, 2.45) is 5.73 Å². The second-order valence-corrected chi connectivity index (χ2v) is 3.14. The number of hydrogen-bond acceptors (Lipinski definition) is 1. The van der Waals surface area contributed by atoms with Crippen molar-refractivity contribution in [3.8, 4) is 0 Å². The molecule has 1 aromatic rings. The Hall–Kier alpha value is -1.58. The van der Waals surface area contributed by atoms with Gasteiger partial charge in [0.25, 0.3) is 0 Å². The summed E-state index contributed by atoms with van der Waals surface area (Å²) in [4.78, 5) is 12.1. The van der Waals surface area contributed by atoms with E-state index in [2.05, 4.69) is 0 Å². The van der Waals surface area contributed by atoms with E-state index in [0.29, 0.717) is 13.0 Å². The number of likely N-dealkylation sites (N-methyl/N-ethyl adjacent to an activating group) is 1. The molecule has 76 valence electrons. The van der Waals surface area contributed by atoms with E-state index in [4.69, 9.17) is 5.73 Å². The summed E-state index contributed by atoms with van der Waals surface area (Å²) in [5.74, 6) is -0.260. The molecule has 0 aromatic heterocycles. The number of hydrogen-bond donors (Lipinski definition) is 1. The molecule has 2 amide bonds. The lowest BCUT2D eigenvalue weighted by molar-refractivity contribution is 0.219. The van der Waals surface area contributed by atoms with E-state index < -0.39 is 6.03 Å². The van der Waals surface area contributed by atoms with E-state index >= 15 is 0 Å². The van der Waals surface area contributed by atoms with Crippen molar-refractivity contribution in [1.82, 2.24) is 4.90 Å². The van der Waals surface area contributed by atoms with Crippen LogP contribution in [0.3, 0.4) is 0 Å². The van der Waals surface area contributed by atoms with E-state index in [1.807, 2.05) is 6.07 Å². The van der Waals surface area contributed by atoms with E-state index in [1.165, 1.54) is 17.0 Å². The summed E-state index contributed by atoms with van der Waals surface area (Å²) in [5, 5.41) is 0. The van der Waals surface area contributed by atoms with Crippen molar-refractivity contribution in [3.63, 3.8) is 0 Å². The first-order chi connectivity index (χ1) is 6.59. The highest BCUT2D eigenvalue weighted by molar-refractivity contribution is 5.71. The molecule has 0 unspecified atom stereocenters. The second-order valence-electron chi connectivity index (χ2n) is 3.14. The van der Waals surface area contributed by atoms with Gasteiger partial charge in [0.2, 0.25) is 0 Å². The van der Waals surface area contributed by atoms with Crippen LogP contribution in [0.2, 0.25) is 0 Å². The molecule has 3 nitrogen and oxygen atoms in total. The van der Waals surface area contributed by atoms with Crippen LogP contribution in [0.4, 0.5) is 9.18 Å². The Balaban J connectivity index is 2.49. The number of benzene rings is 1. The Morgan fingerprint density at radius 1 is 1.57 bits per heavy atom. The van der Waals surface area contributed by atoms with Crippen molar-refractivity contribution in [2.45, 2.75) is 6.42 Å². The zero-order valence-electron chi connectivity index (χ0n) is 8.03. The predicted octanol–water partition coefficient (Wildman–Crippen LogP) is 1.38. The van der Waals surface area contributed by atoms with Gasteiger partial charge < -0.3 is 10.6 Å². The van der Waals surface area contributed by atoms with Gasteiger partial charge in [-0.15, -0.1) is 0 Å². The quantitative estimate of drug-likeness (QED) is 0.780. The van der Waals surface area contributed by atoms with Gasteiger partial charge in [0, 0.05) is 13.6 Å². The molecule has 14 heavy (non-hydrogen) atoms. The van der Waals surface area contributed by atoms with Crippen molar-refractivity contribution in [2.75, 3.05) is 13.6 Å². The Bertz CT molecular complexity index is 328. The fourth-order valence-electron chi connectivity index (χ4n) is 1.10. The molecule has 1 aromatic carbocycles. The molecule has 0 bridgehead atoms. The number of nitrogens with two attached hydrogens (primary N) is 1. The number of nitrogens with zero attached hydrogens (tertiary/aromatic N) is 1. The zero-order chi connectivity index (χ0) is 10.6. The van der Waals surface area contributed by atoms with E-state index in [9.17, 15) is 9.18 Å². The molecule has 0 saturated carbocycles. The number of urea groups is 1. The molecule has 0 heterocycles. The van der Waals surface area contributed by atoms with Crippen LogP contribution in [-0.2, 0) is 6.42 Å². The largest absolute Gasteiger partial charge is 0.351 e. The molecule has 0 aliphatic rings. The lowest BCUT2D eigenvalue weighted by atomic mass is 10.1. The maximum atomic E-state index is 12.7. The number of halogens is 1. The number of carbonyl (C=O) groups is 1. The zero-order valence-corrected chi connectivity index (χ0v) is 8.03. The van der Waals surface area contributed by atoms with Crippen LogP contribution in [0.25, 0.3) is 0 Å². The lowest BCUT2D eigenvalue weighted by Crippen LogP contribution is -2.33. The van der Waals surface area contributed by atoms with Crippen molar-refractivity contribution in [1.29, 1.82) is 0 Å². The molecule has 4 heteroatoms. The van der Waals surface area contributed by atoms with Gasteiger partial charge in [-0.05, 0) is 24.1 Å². The summed E-state index contributed by atoms with van der Waals surface area (Å²) >= 11 is 0. The summed E-state index contributed by atoms with van der Waals surface area (Å²) in [5.41, 5.74) is 5.90. The molecular weight excluding hydrogens is 183 g/mol. The van der Waals surface area contributed by atoms with Gasteiger partial charge in [-0.1, -0.05) is 12.1 Å². The van der Waals surface area contributed by atoms with Crippen LogP contribution in [0.15, 0.2) is 24.3 Å². The lowest BCUT2D eigenvalue weighted by Gasteiger charge is -2.13. The van der Waals surface area contributed by atoms with Gasteiger partial charge >= 0.3 is 6.03 Å². The molecule has 0 atom stereocenters. The SMILES string of the molecule is CN(CCc1cccc(F)c1)C(N)=O. The highest BCUT2D eigenvalue weighted by Gasteiger charge is 2.03. The molecule has 0 spiro atoms. The van der Waals surface area contributed by atoms with Crippen molar-refractivity contribution >= 4 is 6.03 Å². The average Bonchev–Trinajstić information content (AvgIpc) is 2.14. The van der Waals surface area contributed by atoms with Crippen molar-refractivity contribution < 1.29 is 9.18 Å². The molecule has 2 N–H and O–H groups in total. The van der Waals surface area contributed by atoms with Gasteiger partial charge in [-0.2, -0.15) is 0 Å². The Labute approximate surface area is 82.3 Å². The minimum Gasteiger partial charge on any atom is -0.351 e. The summed E-state index contributed by atoms with van der Waals surface area (Å²) in [6.45, 7) is 0.499. The number of carbonyl (C=O) groups excluding carboxylic acids is 1. The van der Waals surface area contributed by atoms with Crippen LogP contribution in [0, 0.1) is 5.82 Å². The standard InChI is InChI=1S/C10H13FN2O/c1-13(10(12)14)6-5-8-3-2-4-9(11)7-8/h2-4,7H,5-6H2,1H3,(H2,12,14). The summed E-state index contributed by atoms with van der Waals surface area (Å²) in [6.07, 6.45) is 0.608. The molecule has 0 aliphatic carbocycles. The highest BCUT2D eigenvalue weighted by atomic mass is 19.1. The first-order valence-corrected chi connectivity index (χ1v) is 4.34. The van der Waals surface area contributed by atoms with Gasteiger partial charge in [0.1, 0.15) is 5.82 Å². The summed E-state index contributed by atoms with van der Waals surface area (Å²) < 4.78 is 12.7. The molecule has 0 fully saturated rings. The van der Waals surface area contributed by atoms with E-state index in [1.54, 1.807) is 13.1 Å².